The number of fused-ring (bicyclic) bond motifs is 2. The Bertz CT molecular complexity index is 988. The number of aliphatic hydroxyl groups is 1. The van der Waals surface area contributed by atoms with Crippen molar-refractivity contribution in [2.24, 2.45) is 5.10 Å². The molecule has 1 aliphatic heterocycles. The van der Waals surface area contributed by atoms with E-state index in [1.807, 2.05) is 6.07 Å². The highest BCUT2D eigenvalue weighted by molar-refractivity contribution is 5.90. The molecule has 2 aliphatic rings. The Labute approximate surface area is 166 Å². The van der Waals surface area contributed by atoms with Gasteiger partial charge in [-0.3, -0.25) is 0 Å². The molecule has 8 heteroatoms. The zero-order valence-electron chi connectivity index (χ0n) is 16.0. The molecular formula is C21H22F3N3O2. The molecule has 2 atom stereocenters. The Balaban J connectivity index is 1.90. The van der Waals surface area contributed by atoms with Crippen LogP contribution in [0.3, 0.4) is 0 Å². The fourth-order valence-corrected chi connectivity index (χ4v) is 4.44. The second-order valence-corrected chi connectivity index (χ2v) is 8.30. The zero-order chi connectivity index (χ0) is 21.0. The summed E-state index contributed by atoms with van der Waals surface area (Å²) in [4.78, 5) is 0. The van der Waals surface area contributed by atoms with E-state index in [1.54, 1.807) is 38.3 Å². The number of phenolic OH excluding ortho intramolecular Hbond substituents is 1. The molecule has 1 heterocycles. The van der Waals surface area contributed by atoms with Crippen molar-refractivity contribution in [3.8, 4) is 5.75 Å². The summed E-state index contributed by atoms with van der Waals surface area (Å²) in [6.45, 7) is 3.79. The maximum atomic E-state index is 14.2. The molecular weight excluding hydrogens is 383 g/mol. The highest BCUT2D eigenvalue weighted by atomic mass is 19.4. The van der Waals surface area contributed by atoms with Crippen LogP contribution in [0.4, 0.5) is 18.9 Å². The van der Waals surface area contributed by atoms with E-state index in [9.17, 15) is 23.4 Å². The number of hydrogen-bond acceptors (Lipinski definition) is 5. The van der Waals surface area contributed by atoms with Crippen LogP contribution in [0.2, 0.25) is 0 Å². The monoisotopic (exact) mass is 405 g/mol. The van der Waals surface area contributed by atoms with Gasteiger partial charge in [0.25, 0.3) is 0 Å². The smallest absolute Gasteiger partial charge is 0.419 e. The Morgan fingerprint density at radius 1 is 1.21 bits per heavy atom. The molecule has 4 rings (SSSR count). The van der Waals surface area contributed by atoms with Crippen LogP contribution < -0.4 is 10.7 Å². The van der Waals surface area contributed by atoms with Gasteiger partial charge in [-0.15, -0.1) is 0 Å². The van der Waals surface area contributed by atoms with Gasteiger partial charge in [0.15, 0.2) is 5.60 Å². The molecule has 0 amide bonds. The third-order valence-corrected chi connectivity index (χ3v) is 5.81. The van der Waals surface area contributed by atoms with E-state index >= 15 is 0 Å². The lowest BCUT2D eigenvalue weighted by Gasteiger charge is -2.49. The summed E-state index contributed by atoms with van der Waals surface area (Å²) in [5.41, 5.74) is 1.74. The van der Waals surface area contributed by atoms with Crippen molar-refractivity contribution in [3.05, 3.63) is 58.7 Å². The minimum atomic E-state index is -4.88. The van der Waals surface area contributed by atoms with Crippen LogP contribution in [-0.2, 0) is 12.0 Å². The second-order valence-electron chi connectivity index (χ2n) is 8.30. The number of aromatic hydroxyl groups is 1. The normalized spacial score (nSPS) is 25.0. The predicted octanol–water partition coefficient (Wildman–Crippen LogP) is 3.96. The molecule has 0 saturated heterocycles. The number of hydrogen-bond donors (Lipinski definition) is 4. The number of alkyl halides is 3. The predicted molar refractivity (Wildman–Crippen MR) is 104 cm³/mol. The quantitative estimate of drug-likeness (QED) is 0.610. The van der Waals surface area contributed by atoms with Gasteiger partial charge in [0.2, 0.25) is 0 Å². The fraction of sp³-hybridized carbons (Fsp3) is 0.381. The van der Waals surface area contributed by atoms with Crippen LogP contribution >= 0.6 is 0 Å². The largest absolute Gasteiger partial charge is 0.508 e. The summed E-state index contributed by atoms with van der Waals surface area (Å²) >= 11 is 0. The van der Waals surface area contributed by atoms with Crippen LogP contribution in [0, 0.1) is 0 Å². The van der Waals surface area contributed by atoms with Gasteiger partial charge in [-0.05, 0) is 46.7 Å². The first-order valence-corrected chi connectivity index (χ1v) is 9.30. The molecule has 2 unspecified atom stereocenters. The van der Waals surface area contributed by atoms with Crippen molar-refractivity contribution >= 4 is 11.9 Å². The van der Waals surface area contributed by atoms with E-state index < -0.39 is 29.7 Å². The topological polar surface area (TPSA) is 76.9 Å². The highest BCUT2D eigenvalue weighted by Crippen LogP contribution is 2.54. The summed E-state index contributed by atoms with van der Waals surface area (Å²) in [7, 11) is 0. The van der Waals surface area contributed by atoms with Crippen molar-refractivity contribution in [1.82, 2.24) is 5.43 Å². The minimum Gasteiger partial charge on any atom is -0.508 e. The Hall–Kier alpha value is -2.74. The number of benzene rings is 2. The number of hydrazone groups is 1. The van der Waals surface area contributed by atoms with Crippen LogP contribution in [0.15, 0.2) is 41.5 Å². The first-order chi connectivity index (χ1) is 13.5. The maximum Gasteiger partial charge on any atom is 0.419 e. The number of nitrogens with one attached hydrogen (secondary N) is 2. The van der Waals surface area contributed by atoms with Crippen molar-refractivity contribution in [2.75, 3.05) is 5.32 Å². The van der Waals surface area contributed by atoms with Crippen LogP contribution in [-0.4, -0.2) is 28.2 Å². The molecule has 29 heavy (non-hydrogen) atoms. The van der Waals surface area contributed by atoms with Gasteiger partial charge in [0.1, 0.15) is 5.75 Å². The van der Waals surface area contributed by atoms with E-state index in [2.05, 4.69) is 15.8 Å². The average Bonchev–Trinajstić information content (AvgIpc) is 2.63. The van der Waals surface area contributed by atoms with Crippen LogP contribution in [0.25, 0.3) is 0 Å². The van der Waals surface area contributed by atoms with Crippen molar-refractivity contribution in [2.45, 2.75) is 50.0 Å². The first-order valence-electron chi connectivity index (χ1n) is 9.30. The third-order valence-electron chi connectivity index (χ3n) is 5.81. The molecule has 0 saturated carbocycles. The first kappa shape index (κ1) is 19.6. The van der Waals surface area contributed by atoms with Gasteiger partial charge in [-0.2, -0.15) is 18.3 Å². The number of rotatable bonds is 2. The zero-order valence-corrected chi connectivity index (χ0v) is 16.0. The lowest BCUT2D eigenvalue weighted by molar-refractivity contribution is -0.275. The summed E-state index contributed by atoms with van der Waals surface area (Å²) in [6.07, 6.45) is -3.84. The lowest BCUT2D eigenvalue weighted by atomic mass is 9.63. The van der Waals surface area contributed by atoms with Crippen molar-refractivity contribution < 1.29 is 23.4 Å². The van der Waals surface area contributed by atoms with E-state index in [0.717, 1.165) is 5.56 Å². The van der Waals surface area contributed by atoms with Crippen molar-refractivity contribution in [3.63, 3.8) is 0 Å². The van der Waals surface area contributed by atoms with E-state index in [1.165, 1.54) is 12.1 Å². The molecule has 0 spiro atoms. The Morgan fingerprint density at radius 2 is 1.97 bits per heavy atom. The number of nitrogens with zero attached hydrogens (tertiary/aromatic N) is 1. The van der Waals surface area contributed by atoms with Crippen LogP contribution in [0.5, 0.6) is 5.75 Å². The number of halogens is 3. The molecule has 2 aromatic carbocycles. The second kappa shape index (κ2) is 6.38. The van der Waals surface area contributed by atoms with Gasteiger partial charge < -0.3 is 21.0 Å². The summed E-state index contributed by atoms with van der Waals surface area (Å²) in [5, 5.41) is 27.9. The van der Waals surface area contributed by atoms with Crippen LogP contribution in [0.1, 0.15) is 48.6 Å². The van der Waals surface area contributed by atoms with E-state index in [0.29, 0.717) is 23.4 Å². The number of anilines is 1. The van der Waals surface area contributed by atoms with E-state index in [-0.39, 0.29) is 11.3 Å². The summed E-state index contributed by atoms with van der Waals surface area (Å²) in [6, 6.07) is 8.15. The number of phenols is 1. The SMILES string of the molecule is CC1(C)CC(O)(C(F)(F)F)C(Nc2cccc3c2C=NNC3)c2cc(O)ccc21. The molecule has 154 valence electrons. The van der Waals surface area contributed by atoms with Gasteiger partial charge in [0.05, 0.1) is 18.8 Å². The van der Waals surface area contributed by atoms with Crippen molar-refractivity contribution in [1.29, 1.82) is 0 Å². The molecule has 1 aliphatic carbocycles. The average molecular weight is 405 g/mol. The summed E-state index contributed by atoms with van der Waals surface area (Å²) in [5.74, 6) is -0.154. The van der Waals surface area contributed by atoms with Gasteiger partial charge in [-0.1, -0.05) is 32.0 Å². The fourth-order valence-electron chi connectivity index (χ4n) is 4.44. The molecule has 0 aromatic heterocycles. The lowest BCUT2D eigenvalue weighted by Crippen LogP contribution is -2.58. The third kappa shape index (κ3) is 3.11. The van der Waals surface area contributed by atoms with Gasteiger partial charge in [0, 0.05) is 11.3 Å². The standard InChI is InChI=1S/C21H22F3N3O2/c1-19(2)11-20(29,21(22,23)24)18(14-8-13(28)6-7-16(14)19)27-17-5-3-4-12-9-25-26-10-15(12)17/h3-8,10,18,25,27-29H,9,11H2,1-2H3. The molecule has 0 fully saturated rings. The highest BCUT2D eigenvalue weighted by Gasteiger charge is 2.63. The molecule has 5 nitrogen and oxygen atoms in total. The minimum absolute atomic E-state index is 0.154. The van der Waals surface area contributed by atoms with E-state index in [4.69, 9.17) is 0 Å². The Morgan fingerprint density at radius 3 is 2.69 bits per heavy atom. The maximum absolute atomic E-state index is 14.2. The molecule has 0 bridgehead atoms. The molecule has 0 radical (unpaired) electrons. The summed E-state index contributed by atoms with van der Waals surface area (Å²) < 4.78 is 42.5. The van der Waals surface area contributed by atoms with Gasteiger partial charge >= 0.3 is 6.18 Å². The Kier molecular flexibility index (Phi) is 4.31. The molecule has 4 N–H and O–H groups in total. The van der Waals surface area contributed by atoms with Gasteiger partial charge in [-0.25, -0.2) is 0 Å². The molecule has 2 aromatic rings.